The van der Waals surface area contributed by atoms with Crippen molar-refractivity contribution in [2.24, 2.45) is 0 Å². The maximum Gasteiger partial charge on any atom is 0.350 e. The summed E-state index contributed by atoms with van der Waals surface area (Å²) in [5.41, 5.74) is 0.570. The van der Waals surface area contributed by atoms with Crippen molar-refractivity contribution in [1.82, 2.24) is 28.9 Å². The minimum absolute atomic E-state index is 0.103. The first-order chi connectivity index (χ1) is 13.3. The largest absolute Gasteiger partial charge is 0.350 e. The Hall–Kier alpha value is -2.39. The summed E-state index contributed by atoms with van der Waals surface area (Å²) in [6.45, 7) is 0.545. The van der Waals surface area contributed by atoms with Crippen LogP contribution in [0.25, 0.3) is 5.65 Å². The molecule has 27 heavy (non-hydrogen) atoms. The minimum Gasteiger partial charge on any atom is -0.303 e. The molecule has 0 aliphatic heterocycles. The summed E-state index contributed by atoms with van der Waals surface area (Å²) in [5, 5.41) is 16.3. The minimum atomic E-state index is -0.103. The van der Waals surface area contributed by atoms with Crippen molar-refractivity contribution in [1.29, 1.82) is 0 Å². The fraction of sp³-hybridized carbons (Fsp3) is 0.333. The molecule has 9 heteroatoms. The Morgan fingerprint density at radius 1 is 1.19 bits per heavy atom. The highest BCUT2D eigenvalue weighted by Crippen LogP contribution is 2.39. The number of nitrogens with zero attached hydrogens (tertiary/aromatic N) is 6. The number of fused-ring (bicyclic) bond motifs is 1. The first kappa shape index (κ1) is 16.8. The second-order valence-corrected chi connectivity index (χ2v) is 8.63. The van der Waals surface area contributed by atoms with Crippen molar-refractivity contribution in [2.45, 2.75) is 37.0 Å². The van der Waals surface area contributed by atoms with Gasteiger partial charge in [0.15, 0.2) is 10.8 Å². The van der Waals surface area contributed by atoms with Gasteiger partial charge in [-0.15, -0.1) is 26.6 Å². The zero-order valence-corrected chi connectivity index (χ0v) is 16.2. The first-order valence-corrected chi connectivity index (χ1v) is 10.8. The van der Waals surface area contributed by atoms with Crippen LogP contribution in [0.15, 0.2) is 51.9 Å². The Bertz CT molecular complexity index is 1120. The van der Waals surface area contributed by atoms with Gasteiger partial charge in [-0.3, -0.25) is 4.40 Å². The van der Waals surface area contributed by atoms with E-state index >= 15 is 0 Å². The Kier molecular flexibility index (Phi) is 4.33. The molecule has 4 heterocycles. The zero-order chi connectivity index (χ0) is 18.2. The molecule has 0 saturated heterocycles. The molecule has 7 nitrogen and oxygen atoms in total. The molecule has 4 aromatic heterocycles. The molecule has 1 fully saturated rings. The normalized spacial score (nSPS) is 14.2. The molecule has 0 bridgehead atoms. The van der Waals surface area contributed by atoms with E-state index in [1.54, 1.807) is 33.7 Å². The van der Waals surface area contributed by atoms with Crippen LogP contribution in [0.2, 0.25) is 0 Å². The number of hydrogen-bond acceptors (Lipinski definition) is 6. The highest BCUT2D eigenvalue weighted by molar-refractivity contribution is 7.99. The van der Waals surface area contributed by atoms with Crippen molar-refractivity contribution < 1.29 is 0 Å². The Balaban J connectivity index is 1.31. The smallest absolute Gasteiger partial charge is 0.303 e. The molecule has 1 saturated carbocycles. The molecule has 0 unspecified atom stereocenters. The lowest BCUT2D eigenvalue weighted by Crippen LogP contribution is -2.22. The van der Waals surface area contributed by atoms with Crippen molar-refractivity contribution in [2.75, 3.05) is 5.75 Å². The molecular formula is C18H18N6OS2. The van der Waals surface area contributed by atoms with Gasteiger partial charge < -0.3 is 4.57 Å². The van der Waals surface area contributed by atoms with Crippen LogP contribution in [-0.4, -0.2) is 34.7 Å². The maximum absolute atomic E-state index is 12.4. The second kappa shape index (κ2) is 6.97. The van der Waals surface area contributed by atoms with E-state index in [1.807, 2.05) is 18.2 Å². The monoisotopic (exact) mass is 398 g/mol. The summed E-state index contributed by atoms with van der Waals surface area (Å²) in [6.07, 6.45) is 4.95. The number of thioether (sulfide) groups is 1. The topological polar surface area (TPSA) is 70.0 Å². The number of aromatic nitrogens is 6. The highest BCUT2D eigenvalue weighted by Gasteiger charge is 2.29. The number of rotatable bonds is 7. The molecule has 1 aliphatic rings. The Morgan fingerprint density at radius 3 is 2.89 bits per heavy atom. The predicted molar refractivity (Wildman–Crippen MR) is 106 cm³/mol. The predicted octanol–water partition coefficient (Wildman–Crippen LogP) is 2.87. The lowest BCUT2D eigenvalue weighted by molar-refractivity contribution is 0.625. The maximum atomic E-state index is 12.4. The van der Waals surface area contributed by atoms with E-state index < -0.39 is 0 Å². The average Bonchev–Trinajstić information content (AvgIpc) is 3.10. The van der Waals surface area contributed by atoms with E-state index in [0.717, 1.165) is 23.2 Å². The molecule has 0 N–H and O–H groups in total. The summed E-state index contributed by atoms with van der Waals surface area (Å²) < 4.78 is 5.38. The van der Waals surface area contributed by atoms with E-state index in [4.69, 9.17) is 0 Å². The molecule has 4 aromatic rings. The van der Waals surface area contributed by atoms with Gasteiger partial charge in [0.2, 0.25) is 0 Å². The summed E-state index contributed by atoms with van der Waals surface area (Å²) in [4.78, 5) is 13.7. The van der Waals surface area contributed by atoms with Crippen molar-refractivity contribution in [3.63, 3.8) is 0 Å². The van der Waals surface area contributed by atoms with Crippen molar-refractivity contribution in [3.05, 3.63) is 63.1 Å². The molecule has 1 aliphatic carbocycles. The van der Waals surface area contributed by atoms with E-state index in [9.17, 15) is 4.79 Å². The van der Waals surface area contributed by atoms with E-state index in [0.29, 0.717) is 18.2 Å². The molecule has 0 atom stereocenters. The van der Waals surface area contributed by atoms with E-state index in [1.165, 1.54) is 22.4 Å². The van der Waals surface area contributed by atoms with Crippen LogP contribution in [0.3, 0.4) is 0 Å². The molecular weight excluding hydrogens is 380 g/mol. The number of hydrogen-bond donors (Lipinski definition) is 0. The number of pyridine rings is 1. The van der Waals surface area contributed by atoms with Crippen LogP contribution in [0.5, 0.6) is 0 Å². The van der Waals surface area contributed by atoms with Crippen molar-refractivity contribution >= 4 is 28.7 Å². The second-order valence-electron chi connectivity index (χ2n) is 6.54. The van der Waals surface area contributed by atoms with Gasteiger partial charge in [0.05, 0.1) is 6.54 Å². The van der Waals surface area contributed by atoms with E-state index in [2.05, 4.69) is 37.4 Å². The summed E-state index contributed by atoms with van der Waals surface area (Å²) in [5.74, 6) is 1.76. The summed E-state index contributed by atoms with van der Waals surface area (Å²) in [6, 6.07) is 10.3. The van der Waals surface area contributed by atoms with Crippen LogP contribution in [0, 0.1) is 0 Å². The zero-order valence-electron chi connectivity index (χ0n) is 14.6. The van der Waals surface area contributed by atoms with Gasteiger partial charge in [0.1, 0.15) is 5.82 Å². The average molecular weight is 399 g/mol. The fourth-order valence-corrected chi connectivity index (χ4v) is 4.77. The van der Waals surface area contributed by atoms with Gasteiger partial charge in [-0.1, -0.05) is 23.9 Å². The third-order valence-electron chi connectivity index (χ3n) is 4.58. The van der Waals surface area contributed by atoms with Gasteiger partial charge in [-0.2, -0.15) is 0 Å². The van der Waals surface area contributed by atoms with Gasteiger partial charge in [-0.05, 0) is 36.4 Å². The fourth-order valence-electron chi connectivity index (χ4n) is 3.13. The van der Waals surface area contributed by atoms with Crippen LogP contribution in [0.4, 0.5) is 0 Å². The molecule has 0 spiro atoms. The highest BCUT2D eigenvalue weighted by atomic mass is 32.2. The molecule has 5 rings (SSSR count). The van der Waals surface area contributed by atoms with Crippen LogP contribution in [0.1, 0.15) is 29.6 Å². The summed E-state index contributed by atoms with van der Waals surface area (Å²) in [7, 11) is 0. The lowest BCUT2D eigenvalue weighted by atomic mass is 10.3. The van der Waals surface area contributed by atoms with Crippen LogP contribution < -0.4 is 5.69 Å². The number of thiophene rings is 1. The molecule has 0 aromatic carbocycles. The summed E-state index contributed by atoms with van der Waals surface area (Å²) >= 11 is 3.40. The van der Waals surface area contributed by atoms with Gasteiger partial charge in [-0.25, -0.2) is 9.48 Å². The Morgan fingerprint density at radius 2 is 2.11 bits per heavy atom. The van der Waals surface area contributed by atoms with Gasteiger partial charge in [0.25, 0.3) is 0 Å². The van der Waals surface area contributed by atoms with Crippen LogP contribution in [-0.2, 0) is 13.0 Å². The quantitative estimate of drug-likeness (QED) is 0.448. The SMILES string of the molecule is O=c1n(CCSc2nnc(Cc3cccs3)n2C2CC2)nc2ccccn12. The third kappa shape index (κ3) is 3.32. The third-order valence-corrected chi connectivity index (χ3v) is 6.38. The standard InChI is InChI=1S/C18H18N6OS2/c25-18-22-8-2-1-5-15(22)21-23(18)9-11-27-17-20-19-16(24(17)13-6-7-13)12-14-4-3-10-26-14/h1-5,8,10,13H,6-7,9,11-12H2. The van der Waals surface area contributed by atoms with Gasteiger partial charge >= 0.3 is 5.69 Å². The lowest BCUT2D eigenvalue weighted by Gasteiger charge is -2.08. The van der Waals surface area contributed by atoms with E-state index in [-0.39, 0.29) is 5.69 Å². The molecule has 138 valence electrons. The first-order valence-electron chi connectivity index (χ1n) is 8.93. The molecule has 0 amide bonds. The molecule has 0 radical (unpaired) electrons. The number of aryl methyl sites for hydroxylation is 1. The Labute approximate surface area is 163 Å². The van der Waals surface area contributed by atoms with Crippen molar-refractivity contribution in [3.8, 4) is 0 Å². The van der Waals surface area contributed by atoms with Crippen LogP contribution >= 0.6 is 23.1 Å². The van der Waals surface area contributed by atoms with Gasteiger partial charge in [0, 0.05) is 29.3 Å².